The van der Waals surface area contributed by atoms with Gasteiger partial charge >= 0.3 is 0 Å². The molecule has 4 rings (SSSR count). The number of rotatable bonds is 3. The van der Waals surface area contributed by atoms with Crippen molar-refractivity contribution in [2.24, 2.45) is 0 Å². The van der Waals surface area contributed by atoms with Crippen LogP contribution in [0.4, 0.5) is 5.69 Å². The summed E-state index contributed by atoms with van der Waals surface area (Å²) in [5.41, 5.74) is 3.09. The van der Waals surface area contributed by atoms with Crippen LogP contribution in [0, 0.1) is 0 Å². The second kappa shape index (κ2) is 6.78. The van der Waals surface area contributed by atoms with Crippen LogP contribution in [0.25, 0.3) is 10.4 Å². The lowest BCUT2D eigenvalue weighted by Crippen LogP contribution is -2.12. The summed E-state index contributed by atoms with van der Waals surface area (Å²) in [6, 6.07) is 14.2. The van der Waals surface area contributed by atoms with Crippen molar-refractivity contribution in [1.29, 1.82) is 0 Å². The van der Waals surface area contributed by atoms with E-state index in [1.54, 1.807) is 18.2 Å². The second-order valence-electron chi connectivity index (χ2n) is 6.33. The number of hydrogen-bond donors (Lipinski definition) is 1. The molecular weight excluding hydrogens is 402 g/mol. The third kappa shape index (κ3) is 3.29. The van der Waals surface area contributed by atoms with Gasteiger partial charge in [-0.05, 0) is 41.8 Å². The fourth-order valence-corrected chi connectivity index (χ4v) is 6.35. The SMILES string of the molecule is CCc1ccccc1NC(=O)c1cc2c(s1)-c1ccc(Cl)cc1S(=O)(=O)C2. The average molecular weight is 418 g/mol. The zero-order valence-electron chi connectivity index (χ0n) is 14.5. The number of carbonyl (C=O) groups is 1. The van der Waals surface area contributed by atoms with E-state index in [0.717, 1.165) is 22.5 Å². The average Bonchev–Trinajstić information content (AvgIpc) is 3.05. The number of fused-ring (bicyclic) bond motifs is 3. The highest BCUT2D eigenvalue weighted by molar-refractivity contribution is 7.91. The van der Waals surface area contributed by atoms with Crippen molar-refractivity contribution in [3.8, 4) is 10.4 Å². The zero-order chi connectivity index (χ0) is 19.2. The highest BCUT2D eigenvalue weighted by Crippen LogP contribution is 2.43. The molecule has 2 heterocycles. The summed E-state index contributed by atoms with van der Waals surface area (Å²) in [5, 5.41) is 3.32. The van der Waals surface area contributed by atoms with E-state index in [1.807, 2.05) is 31.2 Å². The van der Waals surface area contributed by atoms with Gasteiger partial charge in [0.15, 0.2) is 9.84 Å². The molecule has 0 spiro atoms. The first-order chi connectivity index (χ1) is 12.9. The Morgan fingerprint density at radius 2 is 1.96 bits per heavy atom. The van der Waals surface area contributed by atoms with E-state index in [2.05, 4.69) is 5.32 Å². The molecule has 0 atom stereocenters. The van der Waals surface area contributed by atoms with Gasteiger partial charge in [-0.1, -0.05) is 42.8 Å². The van der Waals surface area contributed by atoms with Crippen molar-refractivity contribution in [2.45, 2.75) is 24.0 Å². The van der Waals surface area contributed by atoms with Gasteiger partial charge in [0.25, 0.3) is 5.91 Å². The predicted molar refractivity (Wildman–Crippen MR) is 109 cm³/mol. The van der Waals surface area contributed by atoms with Gasteiger partial charge in [0.2, 0.25) is 0 Å². The van der Waals surface area contributed by atoms with Crippen molar-refractivity contribution >= 4 is 44.4 Å². The molecule has 1 N–H and O–H groups in total. The van der Waals surface area contributed by atoms with E-state index in [9.17, 15) is 13.2 Å². The van der Waals surface area contributed by atoms with Crippen molar-refractivity contribution in [3.05, 3.63) is 69.6 Å². The quantitative estimate of drug-likeness (QED) is 0.639. The highest BCUT2D eigenvalue weighted by atomic mass is 35.5. The largest absolute Gasteiger partial charge is 0.321 e. The number of halogens is 1. The predicted octanol–water partition coefficient (Wildman–Crippen LogP) is 5.17. The molecule has 1 aliphatic rings. The molecule has 7 heteroatoms. The van der Waals surface area contributed by atoms with E-state index in [4.69, 9.17) is 11.6 Å². The fraction of sp³-hybridized carbons (Fsp3) is 0.150. The Morgan fingerprint density at radius 1 is 1.19 bits per heavy atom. The van der Waals surface area contributed by atoms with E-state index in [1.165, 1.54) is 17.4 Å². The van der Waals surface area contributed by atoms with Gasteiger partial charge in [0.05, 0.1) is 15.5 Å². The Morgan fingerprint density at radius 3 is 2.74 bits per heavy atom. The van der Waals surface area contributed by atoms with Gasteiger partial charge in [-0.3, -0.25) is 4.79 Å². The van der Waals surface area contributed by atoms with Gasteiger partial charge in [-0.25, -0.2) is 8.42 Å². The maximum absolute atomic E-state index is 12.8. The summed E-state index contributed by atoms with van der Waals surface area (Å²) < 4.78 is 25.2. The Hall–Kier alpha value is -2.15. The third-order valence-electron chi connectivity index (χ3n) is 4.55. The molecule has 2 aromatic carbocycles. The molecule has 138 valence electrons. The number of para-hydroxylation sites is 1. The summed E-state index contributed by atoms with van der Waals surface area (Å²) in [5.74, 6) is -0.353. The third-order valence-corrected chi connectivity index (χ3v) is 7.69. The van der Waals surface area contributed by atoms with Gasteiger partial charge in [0.1, 0.15) is 0 Å². The summed E-state index contributed by atoms with van der Waals surface area (Å²) in [4.78, 5) is 14.3. The highest BCUT2D eigenvalue weighted by Gasteiger charge is 2.31. The van der Waals surface area contributed by atoms with Crippen LogP contribution in [0.3, 0.4) is 0 Å². The summed E-state index contributed by atoms with van der Waals surface area (Å²) in [6.45, 7) is 2.03. The van der Waals surface area contributed by atoms with Gasteiger partial charge in [-0.2, -0.15) is 0 Å². The molecule has 0 unspecified atom stereocenters. The maximum Gasteiger partial charge on any atom is 0.265 e. The van der Waals surface area contributed by atoms with E-state index >= 15 is 0 Å². The maximum atomic E-state index is 12.8. The molecule has 4 nitrogen and oxygen atoms in total. The molecule has 1 aromatic heterocycles. The molecule has 0 bridgehead atoms. The van der Waals surface area contributed by atoms with Gasteiger partial charge < -0.3 is 5.32 Å². The van der Waals surface area contributed by atoms with Crippen LogP contribution in [0.1, 0.15) is 27.7 Å². The minimum atomic E-state index is -3.47. The molecule has 1 aliphatic heterocycles. The number of hydrogen-bond acceptors (Lipinski definition) is 4. The molecule has 0 aliphatic carbocycles. The number of anilines is 1. The summed E-state index contributed by atoms with van der Waals surface area (Å²) in [7, 11) is -3.47. The minimum Gasteiger partial charge on any atom is -0.321 e. The minimum absolute atomic E-state index is 0.120. The van der Waals surface area contributed by atoms with Crippen LogP contribution in [0.5, 0.6) is 0 Å². The molecule has 0 radical (unpaired) electrons. The van der Waals surface area contributed by atoms with E-state index in [-0.39, 0.29) is 16.6 Å². The smallest absolute Gasteiger partial charge is 0.265 e. The van der Waals surface area contributed by atoms with Crippen LogP contribution >= 0.6 is 22.9 Å². The molecule has 1 amide bonds. The normalized spacial score (nSPS) is 14.3. The summed E-state index contributed by atoms with van der Waals surface area (Å²) >= 11 is 7.29. The van der Waals surface area contributed by atoms with Crippen molar-refractivity contribution in [3.63, 3.8) is 0 Å². The fourth-order valence-electron chi connectivity index (χ4n) is 3.23. The Bertz CT molecular complexity index is 1170. The first-order valence-corrected chi connectivity index (χ1v) is 11.3. The molecule has 3 aromatic rings. The Kier molecular flexibility index (Phi) is 4.58. The zero-order valence-corrected chi connectivity index (χ0v) is 16.8. The van der Waals surface area contributed by atoms with Crippen molar-refractivity contribution < 1.29 is 13.2 Å². The van der Waals surface area contributed by atoms with Crippen LogP contribution < -0.4 is 5.32 Å². The van der Waals surface area contributed by atoms with Crippen LogP contribution in [0.15, 0.2) is 53.4 Å². The van der Waals surface area contributed by atoms with Gasteiger partial charge in [0, 0.05) is 21.2 Å². The number of amides is 1. The number of carbonyl (C=O) groups excluding carboxylic acids is 1. The Labute approximate surface area is 166 Å². The molecule has 0 saturated heterocycles. The van der Waals surface area contributed by atoms with Crippen molar-refractivity contribution in [1.82, 2.24) is 0 Å². The van der Waals surface area contributed by atoms with E-state index < -0.39 is 9.84 Å². The molecular formula is C20H16ClNO3S2. The first kappa shape index (κ1) is 18.2. The van der Waals surface area contributed by atoms with Crippen LogP contribution in [-0.4, -0.2) is 14.3 Å². The van der Waals surface area contributed by atoms with Gasteiger partial charge in [-0.15, -0.1) is 11.3 Å². The number of aryl methyl sites for hydroxylation is 1. The molecule has 0 fully saturated rings. The number of benzene rings is 2. The second-order valence-corrected chi connectivity index (χ2v) is 9.78. The number of sulfone groups is 1. The summed E-state index contributed by atoms with van der Waals surface area (Å²) in [6.07, 6.45) is 0.809. The van der Waals surface area contributed by atoms with Crippen molar-refractivity contribution in [2.75, 3.05) is 5.32 Å². The monoisotopic (exact) mass is 417 g/mol. The molecule has 27 heavy (non-hydrogen) atoms. The lowest BCUT2D eigenvalue weighted by Gasteiger charge is -2.16. The standard InChI is InChI=1S/C20H16ClNO3S2/c1-2-12-5-3-4-6-16(12)22-20(23)17-9-13-11-27(24,25)18-10-14(21)7-8-15(18)19(13)26-17/h3-10H,2,11H2,1H3,(H,22,23). The number of nitrogens with one attached hydrogen (secondary N) is 1. The molecule has 0 saturated carbocycles. The van der Waals surface area contributed by atoms with E-state index in [0.29, 0.717) is 21.0 Å². The topological polar surface area (TPSA) is 63.2 Å². The lowest BCUT2D eigenvalue weighted by molar-refractivity contribution is 0.103. The lowest BCUT2D eigenvalue weighted by atomic mass is 10.1. The number of thiophene rings is 1. The van der Waals surface area contributed by atoms with Crippen LogP contribution in [0.2, 0.25) is 5.02 Å². The van der Waals surface area contributed by atoms with Crippen LogP contribution in [-0.2, 0) is 22.0 Å². The first-order valence-electron chi connectivity index (χ1n) is 8.43. The Balaban J connectivity index is 1.73.